The van der Waals surface area contributed by atoms with Gasteiger partial charge in [0.05, 0.1) is 32.9 Å². The predicted molar refractivity (Wildman–Crippen MR) is 74.5 cm³/mol. The van der Waals surface area contributed by atoms with Crippen molar-refractivity contribution in [2.45, 2.75) is 26.8 Å². The first-order valence-electron chi connectivity index (χ1n) is 6.55. The van der Waals surface area contributed by atoms with Crippen LogP contribution < -0.4 is 14.8 Å². The molecule has 0 atom stereocenters. The molecule has 118 valence electrons. The van der Waals surface area contributed by atoms with Gasteiger partial charge in [-0.1, -0.05) is 5.16 Å². The summed E-state index contributed by atoms with van der Waals surface area (Å²) >= 11 is 0. The monoisotopic (exact) mass is 307 g/mol. The van der Waals surface area contributed by atoms with Gasteiger partial charge in [-0.3, -0.25) is 4.79 Å². The number of carbonyl (C=O) groups excluding carboxylic acids is 1. The Labute approximate surface area is 127 Å². The first-order valence-corrected chi connectivity index (χ1v) is 6.55. The molecular weight excluding hydrogens is 290 g/mol. The van der Waals surface area contributed by atoms with E-state index in [0.29, 0.717) is 17.3 Å². The molecule has 2 aromatic heterocycles. The molecule has 9 nitrogen and oxygen atoms in total. The van der Waals surface area contributed by atoms with Crippen molar-refractivity contribution >= 4 is 5.91 Å². The van der Waals surface area contributed by atoms with E-state index in [1.54, 1.807) is 13.8 Å². The summed E-state index contributed by atoms with van der Waals surface area (Å²) in [7, 11) is 2.88. The van der Waals surface area contributed by atoms with Crippen molar-refractivity contribution in [3.8, 4) is 12.0 Å². The normalized spacial score (nSPS) is 10.4. The second-order valence-corrected chi connectivity index (χ2v) is 4.48. The number of carbonyl (C=O) groups is 1. The fourth-order valence-electron chi connectivity index (χ4n) is 1.79. The highest BCUT2D eigenvalue weighted by Crippen LogP contribution is 2.13. The minimum Gasteiger partial charge on any atom is -0.467 e. The first kappa shape index (κ1) is 15.7. The lowest BCUT2D eigenvalue weighted by molar-refractivity contribution is -0.120. The van der Waals surface area contributed by atoms with E-state index in [-0.39, 0.29) is 30.9 Å². The molecule has 0 fully saturated rings. The van der Waals surface area contributed by atoms with Crippen molar-refractivity contribution in [1.29, 1.82) is 0 Å². The van der Waals surface area contributed by atoms with E-state index >= 15 is 0 Å². The number of hydrogen-bond donors (Lipinski definition) is 1. The highest BCUT2D eigenvalue weighted by Gasteiger charge is 2.14. The summed E-state index contributed by atoms with van der Waals surface area (Å²) in [5.74, 6) is 0.791. The minimum atomic E-state index is -0.187. The number of rotatable bonds is 6. The number of aryl methyl sites for hydroxylation is 2. The van der Waals surface area contributed by atoms with Gasteiger partial charge in [-0.2, -0.15) is 9.97 Å². The summed E-state index contributed by atoms with van der Waals surface area (Å²) in [6, 6.07) is 0.253. The molecule has 0 aromatic carbocycles. The molecule has 0 aliphatic heterocycles. The van der Waals surface area contributed by atoms with Gasteiger partial charge >= 0.3 is 12.0 Å². The molecule has 0 saturated carbocycles. The van der Waals surface area contributed by atoms with Crippen molar-refractivity contribution in [3.63, 3.8) is 0 Å². The SMILES string of the molecule is COc1nc(CNC(=O)Cc2c(C)noc2C)nc(OC)n1. The zero-order valence-electron chi connectivity index (χ0n) is 12.8. The van der Waals surface area contributed by atoms with Crippen molar-refractivity contribution in [1.82, 2.24) is 25.4 Å². The fourth-order valence-corrected chi connectivity index (χ4v) is 1.79. The number of amides is 1. The summed E-state index contributed by atoms with van der Waals surface area (Å²) in [5.41, 5.74) is 1.49. The Morgan fingerprint density at radius 3 is 2.27 bits per heavy atom. The summed E-state index contributed by atoms with van der Waals surface area (Å²) in [6.07, 6.45) is 0.181. The number of hydrogen-bond acceptors (Lipinski definition) is 8. The van der Waals surface area contributed by atoms with Crippen LogP contribution in [-0.2, 0) is 17.8 Å². The highest BCUT2D eigenvalue weighted by molar-refractivity contribution is 5.78. The van der Waals surface area contributed by atoms with Crippen LogP contribution in [0.4, 0.5) is 0 Å². The van der Waals surface area contributed by atoms with Crippen molar-refractivity contribution in [3.05, 3.63) is 22.8 Å². The van der Waals surface area contributed by atoms with E-state index in [1.807, 2.05) is 0 Å². The molecule has 0 aliphatic rings. The Hall–Kier alpha value is -2.71. The van der Waals surface area contributed by atoms with E-state index < -0.39 is 0 Å². The fraction of sp³-hybridized carbons (Fsp3) is 0.462. The average Bonchev–Trinajstić information content (AvgIpc) is 2.84. The van der Waals surface area contributed by atoms with Gasteiger partial charge in [-0.15, -0.1) is 4.98 Å². The molecule has 2 heterocycles. The summed E-state index contributed by atoms with van der Waals surface area (Å²) in [4.78, 5) is 23.9. The standard InChI is InChI=1S/C13H17N5O4/c1-7-9(8(2)22-18-7)5-11(19)14-6-10-15-12(20-3)17-13(16-10)21-4/h5-6H2,1-4H3,(H,14,19). The molecule has 0 spiro atoms. The molecule has 9 heteroatoms. The Morgan fingerprint density at radius 2 is 1.77 bits per heavy atom. The summed E-state index contributed by atoms with van der Waals surface area (Å²) in [6.45, 7) is 3.70. The smallest absolute Gasteiger partial charge is 0.322 e. The lowest BCUT2D eigenvalue weighted by Crippen LogP contribution is -2.26. The molecule has 0 bridgehead atoms. The summed E-state index contributed by atoms with van der Waals surface area (Å²) < 4.78 is 14.9. The maximum absolute atomic E-state index is 12.0. The van der Waals surface area contributed by atoms with Gasteiger partial charge in [0.25, 0.3) is 0 Å². The Bertz CT molecular complexity index is 629. The van der Waals surface area contributed by atoms with Crippen molar-refractivity contribution < 1.29 is 18.8 Å². The van der Waals surface area contributed by atoms with Crippen LogP contribution in [0.3, 0.4) is 0 Å². The second kappa shape index (κ2) is 6.83. The van der Waals surface area contributed by atoms with Crippen LogP contribution in [0.5, 0.6) is 12.0 Å². The Kier molecular flexibility index (Phi) is 4.87. The van der Waals surface area contributed by atoms with Gasteiger partial charge in [0.1, 0.15) is 5.76 Å². The lowest BCUT2D eigenvalue weighted by Gasteiger charge is -2.06. The van der Waals surface area contributed by atoms with Crippen LogP contribution in [0.1, 0.15) is 22.8 Å². The van der Waals surface area contributed by atoms with E-state index in [1.165, 1.54) is 14.2 Å². The van der Waals surface area contributed by atoms with E-state index in [9.17, 15) is 4.79 Å². The zero-order chi connectivity index (χ0) is 16.1. The molecule has 22 heavy (non-hydrogen) atoms. The maximum atomic E-state index is 12.0. The molecule has 0 aliphatic carbocycles. The number of nitrogens with zero attached hydrogens (tertiary/aromatic N) is 4. The van der Waals surface area contributed by atoms with Crippen molar-refractivity contribution in [2.24, 2.45) is 0 Å². The molecule has 0 saturated heterocycles. The molecular formula is C13H17N5O4. The number of aromatic nitrogens is 4. The van der Waals surface area contributed by atoms with Crippen LogP contribution >= 0.6 is 0 Å². The van der Waals surface area contributed by atoms with Gasteiger partial charge < -0.3 is 19.3 Å². The minimum absolute atomic E-state index is 0.127. The molecule has 1 N–H and O–H groups in total. The number of ether oxygens (including phenoxy) is 2. The molecule has 0 unspecified atom stereocenters. The number of nitrogens with one attached hydrogen (secondary N) is 1. The lowest BCUT2D eigenvalue weighted by atomic mass is 10.1. The largest absolute Gasteiger partial charge is 0.467 e. The van der Waals surface area contributed by atoms with Crippen LogP contribution in [-0.4, -0.2) is 40.2 Å². The van der Waals surface area contributed by atoms with Gasteiger partial charge in [-0.25, -0.2) is 0 Å². The third-order valence-electron chi connectivity index (χ3n) is 2.97. The van der Waals surface area contributed by atoms with E-state index in [0.717, 1.165) is 5.56 Å². The topological polar surface area (TPSA) is 112 Å². The average molecular weight is 307 g/mol. The third-order valence-corrected chi connectivity index (χ3v) is 2.97. The molecule has 0 radical (unpaired) electrons. The highest BCUT2D eigenvalue weighted by atomic mass is 16.5. The van der Waals surface area contributed by atoms with Gasteiger partial charge in [0, 0.05) is 5.56 Å². The van der Waals surface area contributed by atoms with E-state index in [2.05, 4.69) is 25.4 Å². The molecule has 1 amide bonds. The zero-order valence-corrected chi connectivity index (χ0v) is 12.8. The second-order valence-electron chi connectivity index (χ2n) is 4.48. The predicted octanol–water partition coefficient (Wildman–Crippen LogP) is 0.353. The Balaban J connectivity index is 1.99. The Morgan fingerprint density at radius 1 is 1.14 bits per heavy atom. The number of methoxy groups -OCH3 is 2. The van der Waals surface area contributed by atoms with Crippen LogP contribution in [0.15, 0.2) is 4.52 Å². The van der Waals surface area contributed by atoms with Crippen LogP contribution in [0.25, 0.3) is 0 Å². The molecule has 2 rings (SSSR count). The van der Waals surface area contributed by atoms with Gasteiger partial charge in [-0.05, 0) is 13.8 Å². The van der Waals surface area contributed by atoms with Crippen molar-refractivity contribution in [2.75, 3.05) is 14.2 Å². The van der Waals surface area contributed by atoms with Gasteiger partial charge in [0.15, 0.2) is 5.82 Å². The van der Waals surface area contributed by atoms with Crippen LogP contribution in [0, 0.1) is 13.8 Å². The van der Waals surface area contributed by atoms with Gasteiger partial charge in [0.2, 0.25) is 5.91 Å². The molecule has 2 aromatic rings. The van der Waals surface area contributed by atoms with Crippen LogP contribution in [0.2, 0.25) is 0 Å². The third kappa shape index (κ3) is 3.68. The maximum Gasteiger partial charge on any atom is 0.322 e. The summed E-state index contributed by atoms with van der Waals surface area (Å²) in [5, 5.41) is 6.53. The quantitative estimate of drug-likeness (QED) is 0.813. The first-order chi connectivity index (χ1) is 10.5. The van der Waals surface area contributed by atoms with E-state index in [4.69, 9.17) is 14.0 Å².